The van der Waals surface area contributed by atoms with Gasteiger partial charge in [0.05, 0.1) is 0 Å². The van der Waals surface area contributed by atoms with E-state index in [9.17, 15) is 4.79 Å². The molecular weight excluding hydrogens is 424 g/mol. The minimum atomic E-state index is -0.451. The van der Waals surface area contributed by atoms with Crippen LogP contribution in [-0.4, -0.2) is 47.2 Å². The third-order valence-electron chi connectivity index (χ3n) is 3.78. The van der Waals surface area contributed by atoms with Gasteiger partial charge in [-0.05, 0) is 45.4 Å². The first-order chi connectivity index (χ1) is 10.7. The third-order valence-corrected chi connectivity index (χ3v) is 5.27. The summed E-state index contributed by atoms with van der Waals surface area (Å²) in [6.07, 6.45) is -0.216. The molecule has 23 heavy (non-hydrogen) atoms. The van der Waals surface area contributed by atoms with E-state index in [1.807, 2.05) is 31.7 Å². The first-order valence-electron chi connectivity index (χ1n) is 7.82. The maximum atomic E-state index is 12.3. The maximum absolute atomic E-state index is 12.3. The summed E-state index contributed by atoms with van der Waals surface area (Å²) in [6, 6.07) is 6.27. The lowest BCUT2D eigenvalue weighted by atomic mass is 10.1. The van der Waals surface area contributed by atoms with Crippen LogP contribution in [0.2, 0.25) is 0 Å². The monoisotopic (exact) mass is 446 g/mol. The molecule has 0 aromatic heterocycles. The highest BCUT2D eigenvalue weighted by atomic mass is 79.9. The van der Waals surface area contributed by atoms with Crippen molar-refractivity contribution in [2.45, 2.75) is 45.9 Å². The van der Waals surface area contributed by atoms with Gasteiger partial charge in [0.2, 0.25) is 0 Å². The summed E-state index contributed by atoms with van der Waals surface area (Å²) >= 11 is 7.23. The van der Waals surface area contributed by atoms with Crippen LogP contribution in [0.3, 0.4) is 0 Å². The minimum absolute atomic E-state index is 0.139. The van der Waals surface area contributed by atoms with Gasteiger partial charge < -0.3 is 9.64 Å². The number of rotatable bonds is 2. The number of piperazine rings is 1. The molecule has 1 aromatic rings. The minimum Gasteiger partial charge on any atom is -0.444 e. The molecule has 0 bridgehead atoms. The highest BCUT2D eigenvalue weighted by Gasteiger charge is 2.31. The Hall–Kier alpha value is -0.590. The van der Waals surface area contributed by atoms with Crippen molar-refractivity contribution in [3.63, 3.8) is 0 Å². The SMILES string of the molecule is C[C@H]1CN(Cc2c(Br)cccc2Br)CCN1C(=O)OC(C)(C)C. The van der Waals surface area contributed by atoms with Crippen LogP contribution in [0.25, 0.3) is 0 Å². The Balaban J connectivity index is 1.97. The van der Waals surface area contributed by atoms with Crippen molar-refractivity contribution in [2.75, 3.05) is 19.6 Å². The van der Waals surface area contributed by atoms with E-state index < -0.39 is 5.60 Å². The van der Waals surface area contributed by atoms with Crippen LogP contribution in [0.1, 0.15) is 33.3 Å². The van der Waals surface area contributed by atoms with Crippen LogP contribution in [0.4, 0.5) is 4.79 Å². The van der Waals surface area contributed by atoms with E-state index in [1.165, 1.54) is 5.56 Å². The molecule has 1 amide bonds. The molecular formula is C17H24Br2N2O2. The highest BCUT2D eigenvalue weighted by Crippen LogP contribution is 2.27. The predicted octanol–water partition coefficient (Wildman–Crippen LogP) is 4.65. The Morgan fingerprint density at radius 2 is 1.87 bits per heavy atom. The number of hydrogen-bond donors (Lipinski definition) is 0. The smallest absolute Gasteiger partial charge is 0.410 e. The van der Waals surface area contributed by atoms with Gasteiger partial charge in [-0.2, -0.15) is 0 Å². The van der Waals surface area contributed by atoms with E-state index in [1.54, 1.807) is 0 Å². The molecule has 1 saturated heterocycles. The summed E-state index contributed by atoms with van der Waals surface area (Å²) in [7, 11) is 0. The molecule has 0 aliphatic carbocycles. The maximum Gasteiger partial charge on any atom is 0.410 e. The van der Waals surface area contributed by atoms with Crippen molar-refractivity contribution in [2.24, 2.45) is 0 Å². The molecule has 128 valence electrons. The second kappa shape index (κ2) is 7.53. The third kappa shape index (κ3) is 5.19. The number of amides is 1. The molecule has 1 fully saturated rings. The number of carbonyl (C=O) groups is 1. The standard InChI is InChI=1S/C17H24Br2N2O2/c1-12-10-20(11-13-14(18)6-5-7-15(13)19)8-9-21(12)16(22)23-17(2,3)4/h5-7,12H,8-11H2,1-4H3/t12-/m0/s1. The first kappa shape index (κ1) is 18.7. The van der Waals surface area contributed by atoms with Gasteiger partial charge in [-0.25, -0.2) is 4.79 Å². The molecule has 1 aliphatic heterocycles. The van der Waals surface area contributed by atoms with Crippen molar-refractivity contribution in [3.8, 4) is 0 Å². The Labute approximate surface area is 155 Å². The molecule has 1 atom stereocenters. The Bertz CT molecular complexity index is 552. The van der Waals surface area contributed by atoms with Crippen molar-refractivity contribution in [1.82, 2.24) is 9.80 Å². The molecule has 0 spiro atoms. The van der Waals surface area contributed by atoms with Crippen molar-refractivity contribution >= 4 is 38.0 Å². The topological polar surface area (TPSA) is 32.8 Å². The van der Waals surface area contributed by atoms with E-state index in [0.29, 0.717) is 6.54 Å². The zero-order valence-electron chi connectivity index (χ0n) is 14.1. The van der Waals surface area contributed by atoms with Gasteiger partial charge >= 0.3 is 6.09 Å². The van der Waals surface area contributed by atoms with Gasteiger partial charge in [0, 0.05) is 41.2 Å². The molecule has 6 heteroatoms. The number of ether oxygens (including phenoxy) is 1. The summed E-state index contributed by atoms with van der Waals surface area (Å²) in [5.41, 5.74) is 0.790. The number of halogens is 2. The second-order valence-electron chi connectivity index (χ2n) is 6.96. The van der Waals surface area contributed by atoms with Crippen molar-refractivity contribution in [3.05, 3.63) is 32.7 Å². The number of nitrogens with zero attached hydrogens (tertiary/aromatic N) is 2. The average molecular weight is 448 g/mol. The van der Waals surface area contributed by atoms with E-state index in [2.05, 4.69) is 55.8 Å². The summed E-state index contributed by atoms with van der Waals surface area (Å²) < 4.78 is 7.70. The molecule has 2 rings (SSSR count). The van der Waals surface area contributed by atoms with Gasteiger partial charge in [0.25, 0.3) is 0 Å². The Morgan fingerprint density at radius 1 is 1.26 bits per heavy atom. The van der Waals surface area contributed by atoms with Crippen LogP contribution >= 0.6 is 31.9 Å². The number of hydrogen-bond acceptors (Lipinski definition) is 3. The molecule has 0 radical (unpaired) electrons. The molecule has 1 aromatic carbocycles. The molecule has 1 aliphatic rings. The van der Waals surface area contributed by atoms with Crippen molar-refractivity contribution in [1.29, 1.82) is 0 Å². The van der Waals surface area contributed by atoms with Crippen LogP contribution in [0.5, 0.6) is 0 Å². The van der Waals surface area contributed by atoms with E-state index in [4.69, 9.17) is 4.74 Å². The molecule has 0 unspecified atom stereocenters. The normalized spacial score (nSPS) is 19.7. The lowest BCUT2D eigenvalue weighted by Gasteiger charge is -2.40. The van der Waals surface area contributed by atoms with E-state index >= 15 is 0 Å². The van der Waals surface area contributed by atoms with Crippen molar-refractivity contribution < 1.29 is 9.53 Å². The van der Waals surface area contributed by atoms with Gasteiger partial charge in [-0.3, -0.25) is 4.90 Å². The quantitative estimate of drug-likeness (QED) is 0.661. The first-order valence-corrected chi connectivity index (χ1v) is 9.41. The van der Waals surface area contributed by atoms with Gasteiger partial charge in [-0.15, -0.1) is 0 Å². The summed E-state index contributed by atoms with van der Waals surface area (Å²) in [5, 5.41) is 0. The molecule has 0 N–H and O–H groups in total. The lowest BCUT2D eigenvalue weighted by Crippen LogP contribution is -2.54. The van der Waals surface area contributed by atoms with E-state index in [0.717, 1.165) is 28.6 Å². The second-order valence-corrected chi connectivity index (χ2v) is 8.67. The molecule has 0 saturated carbocycles. The highest BCUT2D eigenvalue weighted by molar-refractivity contribution is 9.11. The average Bonchev–Trinajstić information content (AvgIpc) is 2.41. The van der Waals surface area contributed by atoms with E-state index in [-0.39, 0.29) is 12.1 Å². The predicted molar refractivity (Wildman–Crippen MR) is 99.5 cm³/mol. The van der Waals surface area contributed by atoms with Gasteiger partial charge in [0.1, 0.15) is 5.60 Å². The molecule has 1 heterocycles. The van der Waals surface area contributed by atoms with Crippen LogP contribution < -0.4 is 0 Å². The fraction of sp³-hybridized carbons (Fsp3) is 0.588. The van der Waals surface area contributed by atoms with Gasteiger partial charge in [-0.1, -0.05) is 37.9 Å². The summed E-state index contributed by atoms with van der Waals surface area (Å²) in [4.78, 5) is 16.5. The molecule has 4 nitrogen and oxygen atoms in total. The fourth-order valence-corrected chi connectivity index (χ4v) is 3.92. The largest absolute Gasteiger partial charge is 0.444 e. The fourth-order valence-electron chi connectivity index (χ4n) is 2.68. The summed E-state index contributed by atoms with van der Waals surface area (Å²) in [6.45, 7) is 11.0. The zero-order chi connectivity index (χ0) is 17.2. The van der Waals surface area contributed by atoms with Gasteiger partial charge in [0.15, 0.2) is 0 Å². The number of carbonyl (C=O) groups excluding carboxylic acids is 1. The van der Waals surface area contributed by atoms with Crippen LogP contribution in [0.15, 0.2) is 27.1 Å². The van der Waals surface area contributed by atoms with Crippen LogP contribution in [0, 0.1) is 0 Å². The number of benzene rings is 1. The zero-order valence-corrected chi connectivity index (χ0v) is 17.3. The summed E-state index contributed by atoms with van der Waals surface area (Å²) in [5.74, 6) is 0. The Morgan fingerprint density at radius 3 is 2.39 bits per heavy atom. The Kier molecular flexibility index (Phi) is 6.14. The lowest BCUT2D eigenvalue weighted by molar-refractivity contribution is 0.000518. The van der Waals surface area contributed by atoms with Crippen LogP contribution in [-0.2, 0) is 11.3 Å².